The maximum atomic E-state index is 12.7. The molecular formula is C21H20N4O3S. The van der Waals surface area contributed by atoms with Gasteiger partial charge in [0.2, 0.25) is 11.8 Å². The average Bonchev–Trinajstić information content (AvgIpc) is 3.29. The van der Waals surface area contributed by atoms with Crippen LogP contribution in [0.25, 0.3) is 0 Å². The van der Waals surface area contributed by atoms with Gasteiger partial charge >= 0.3 is 0 Å². The molecule has 2 amide bonds. The van der Waals surface area contributed by atoms with Gasteiger partial charge in [0.25, 0.3) is 5.91 Å². The van der Waals surface area contributed by atoms with Gasteiger partial charge in [-0.05, 0) is 36.4 Å². The zero-order valence-electron chi connectivity index (χ0n) is 15.7. The van der Waals surface area contributed by atoms with Gasteiger partial charge in [-0.3, -0.25) is 14.6 Å². The van der Waals surface area contributed by atoms with Gasteiger partial charge < -0.3 is 15.0 Å². The topological polar surface area (TPSA) is 84.4 Å². The molecule has 1 fully saturated rings. The lowest BCUT2D eigenvalue weighted by Gasteiger charge is -2.31. The Kier molecular flexibility index (Phi) is 5.81. The van der Waals surface area contributed by atoms with E-state index in [2.05, 4.69) is 15.3 Å². The van der Waals surface area contributed by atoms with Gasteiger partial charge in [-0.1, -0.05) is 12.1 Å². The van der Waals surface area contributed by atoms with Gasteiger partial charge in [0.05, 0.1) is 11.1 Å². The molecule has 0 unspecified atom stereocenters. The second-order valence-corrected chi connectivity index (χ2v) is 7.65. The Morgan fingerprint density at radius 2 is 2.00 bits per heavy atom. The van der Waals surface area contributed by atoms with Crippen molar-refractivity contribution in [1.82, 2.24) is 14.9 Å². The monoisotopic (exact) mass is 408 g/mol. The fraction of sp³-hybridized carbons (Fsp3) is 0.238. The quantitative estimate of drug-likeness (QED) is 0.694. The predicted octanol–water partition coefficient (Wildman–Crippen LogP) is 3.82. The number of piperidine rings is 1. The molecule has 0 bridgehead atoms. The number of thiophene rings is 1. The fourth-order valence-corrected chi connectivity index (χ4v) is 3.93. The third-order valence-electron chi connectivity index (χ3n) is 4.75. The summed E-state index contributed by atoms with van der Waals surface area (Å²) in [7, 11) is 0. The number of amides is 2. The van der Waals surface area contributed by atoms with Crippen molar-refractivity contribution in [2.45, 2.75) is 12.8 Å². The van der Waals surface area contributed by atoms with Gasteiger partial charge in [-0.2, -0.15) is 0 Å². The molecule has 4 rings (SSSR count). The molecule has 1 aliphatic rings. The average molecular weight is 408 g/mol. The van der Waals surface area contributed by atoms with Crippen molar-refractivity contribution >= 4 is 28.8 Å². The van der Waals surface area contributed by atoms with E-state index in [0.717, 1.165) is 4.88 Å². The standard InChI is InChI=1S/C21H20N4O3S/c26-20(15-6-10-25(11-7-15)21(27)18-5-2-12-29-18)24-16-3-1-4-17(13-16)28-19-14-22-8-9-23-19/h1-5,8-9,12-15H,6-7,10-11H2,(H,24,26). The molecule has 0 atom stereocenters. The molecule has 1 aliphatic heterocycles. The number of anilines is 1. The molecular weight excluding hydrogens is 388 g/mol. The van der Waals surface area contributed by atoms with Crippen LogP contribution < -0.4 is 10.1 Å². The maximum Gasteiger partial charge on any atom is 0.263 e. The summed E-state index contributed by atoms with van der Waals surface area (Å²) >= 11 is 1.44. The highest BCUT2D eigenvalue weighted by Gasteiger charge is 2.28. The van der Waals surface area contributed by atoms with Crippen LogP contribution in [-0.4, -0.2) is 39.8 Å². The van der Waals surface area contributed by atoms with Gasteiger partial charge in [0.1, 0.15) is 5.75 Å². The number of likely N-dealkylation sites (tertiary alicyclic amines) is 1. The number of hydrogen-bond donors (Lipinski definition) is 1. The number of hydrogen-bond acceptors (Lipinski definition) is 6. The van der Waals surface area contributed by atoms with Gasteiger partial charge in [0.15, 0.2) is 0 Å². The Morgan fingerprint density at radius 3 is 2.72 bits per heavy atom. The number of carbonyl (C=O) groups excluding carboxylic acids is 2. The molecule has 0 aliphatic carbocycles. The van der Waals surface area contributed by atoms with E-state index in [-0.39, 0.29) is 17.7 Å². The van der Waals surface area contributed by atoms with E-state index in [9.17, 15) is 9.59 Å². The fourth-order valence-electron chi connectivity index (χ4n) is 3.24. The van der Waals surface area contributed by atoms with Crippen molar-refractivity contribution in [2.75, 3.05) is 18.4 Å². The molecule has 1 saturated heterocycles. The van der Waals surface area contributed by atoms with E-state index in [1.807, 2.05) is 34.5 Å². The van der Waals surface area contributed by atoms with Gasteiger partial charge in [0, 0.05) is 43.2 Å². The van der Waals surface area contributed by atoms with E-state index in [0.29, 0.717) is 43.2 Å². The number of nitrogens with one attached hydrogen (secondary N) is 1. The lowest BCUT2D eigenvalue weighted by atomic mass is 9.95. The van der Waals surface area contributed by atoms with Crippen molar-refractivity contribution in [3.05, 3.63) is 65.2 Å². The number of ether oxygens (including phenoxy) is 1. The van der Waals surface area contributed by atoms with Crippen molar-refractivity contribution < 1.29 is 14.3 Å². The third-order valence-corrected chi connectivity index (χ3v) is 5.61. The first kappa shape index (κ1) is 19.1. The van der Waals surface area contributed by atoms with E-state index in [1.54, 1.807) is 24.5 Å². The Morgan fingerprint density at radius 1 is 1.14 bits per heavy atom. The number of benzene rings is 1. The van der Waals surface area contributed by atoms with Crippen molar-refractivity contribution in [1.29, 1.82) is 0 Å². The zero-order chi connectivity index (χ0) is 20.1. The van der Waals surface area contributed by atoms with E-state index in [1.165, 1.54) is 17.5 Å². The second kappa shape index (κ2) is 8.83. The first-order valence-electron chi connectivity index (χ1n) is 9.36. The van der Waals surface area contributed by atoms with Crippen molar-refractivity contribution in [2.24, 2.45) is 5.92 Å². The SMILES string of the molecule is O=C(Nc1cccc(Oc2cnccn2)c1)C1CCN(C(=O)c2cccs2)CC1. The van der Waals surface area contributed by atoms with Crippen LogP contribution in [0.5, 0.6) is 11.6 Å². The summed E-state index contributed by atoms with van der Waals surface area (Å²) in [6, 6.07) is 10.9. The van der Waals surface area contributed by atoms with Crippen LogP contribution in [0.1, 0.15) is 22.5 Å². The summed E-state index contributed by atoms with van der Waals surface area (Å²) in [6.45, 7) is 1.18. The first-order chi connectivity index (χ1) is 14.2. The minimum absolute atomic E-state index is 0.0372. The molecule has 0 radical (unpaired) electrons. The molecule has 3 heterocycles. The van der Waals surface area contributed by atoms with Crippen molar-refractivity contribution in [3.63, 3.8) is 0 Å². The van der Waals surface area contributed by atoms with Crippen LogP contribution >= 0.6 is 11.3 Å². The van der Waals surface area contributed by atoms with E-state index < -0.39 is 0 Å². The van der Waals surface area contributed by atoms with Crippen LogP contribution in [0, 0.1) is 5.92 Å². The minimum atomic E-state index is -0.119. The highest BCUT2D eigenvalue weighted by molar-refractivity contribution is 7.12. The van der Waals surface area contributed by atoms with Crippen LogP contribution in [0.15, 0.2) is 60.4 Å². The molecule has 0 spiro atoms. The molecule has 1 N–H and O–H groups in total. The summed E-state index contributed by atoms with van der Waals surface area (Å²) in [5.41, 5.74) is 0.661. The van der Waals surface area contributed by atoms with Gasteiger partial charge in [-0.15, -0.1) is 11.3 Å². The third kappa shape index (κ3) is 4.78. The molecule has 148 valence electrons. The summed E-state index contributed by atoms with van der Waals surface area (Å²) < 4.78 is 5.65. The molecule has 29 heavy (non-hydrogen) atoms. The Bertz CT molecular complexity index is 971. The molecule has 2 aromatic heterocycles. The summed E-state index contributed by atoms with van der Waals surface area (Å²) in [4.78, 5) is 35.7. The molecule has 8 heteroatoms. The largest absolute Gasteiger partial charge is 0.437 e. The summed E-state index contributed by atoms with van der Waals surface area (Å²) in [5.74, 6) is 0.850. The summed E-state index contributed by atoms with van der Waals surface area (Å²) in [6.07, 6.45) is 5.95. The smallest absolute Gasteiger partial charge is 0.263 e. The lowest BCUT2D eigenvalue weighted by molar-refractivity contribution is -0.121. The highest BCUT2D eigenvalue weighted by atomic mass is 32.1. The lowest BCUT2D eigenvalue weighted by Crippen LogP contribution is -2.41. The number of carbonyl (C=O) groups is 2. The van der Waals surface area contributed by atoms with E-state index >= 15 is 0 Å². The maximum absolute atomic E-state index is 12.7. The molecule has 3 aromatic rings. The molecule has 0 saturated carbocycles. The first-order valence-corrected chi connectivity index (χ1v) is 10.2. The Labute approximate surface area is 172 Å². The predicted molar refractivity (Wildman–Crippen MR) is 110 cm³/mol. The molecule has 7 nitrogen and oxygen atoms in total. The number of nitrogens with zero attached hydrogens (tertiary/aromatic N) is 3. The molecule has 1 aromatic carbocycles. The normalized spacial score (nSPS) is 14.4. The Hall–Kier alpha value is -3.26. The zero-order valence-corrected chi connectivity index (χ0v) is 16.5. The van der Waals surface area contributed by atoms with Crippen LogP contribution in [-0.2, 0) is 4.79 Å². The number of aromatic nitrogens is 2. The highest BCUT2D eigenvalue weighted by Crippen LogP contribution is 2.25. The van der Waals surface area contributed by atoms with E-state index in [4.69, 9.17) is 4.74 Å². The minimum Gasteiger partial charge on any atom is -0.437 e. The van der Waals surface area contributed by atoms with Crippen LogP contribution in [0.3, 0.4) is 0 Å². The van der Waals surface area contributed by atoms with Crippen LogP contribution in [0.4, 0.5) is 5.69 Å². The second-order valence-electron chi connectivity index (χ2n) is 6.71. The summed E-state index contributed by atoms with van der Waals surface area (Å²) in [5, 5.41) is 4.85. The van der Waals surface area contributed by atoms with Crippen molar-refractivity contribution in [3.8, 4) is 11.6 Å². The van der Waals surface area contributed by atoms with Gasteiger partial charge in [-0.25, -0.2) is 4.98 Å². The number of rotatable bonds is 5. The Balaban J connectivity index is 1.32. The van der Waals surface area contributed by atoms with Crippen LogP contribution in [0.2, 0.25) is 0 Å².